The maximum Gasteiger partial charge on any atom is 0.283 e. The zero-order valence-electron chi connectivity index (χ0n) is 17.6. The fraction of sp³-hybridized carbons (Fsp3) is 0.0385. The number of amides is 1. The van der Waals surface area contributed by atoms with E-state index >= 15 is 0 Å². The van der Waals surface area contributed by atoms with E-state index in [0.29, 0.717) is 37.4 Å². The molecule has 5 nitrogen and oxygen atoms in total. The highest BCUT2D eigenvalue weighted by Crippen LogP contribution is 2.23. The molecule has 162 valence electrons. The van der Waals surface area contributed by atoms with E-state index in [-0.39, 0.29) is 17.3 Å². The first-order chi connectivity index (χ1) is 16.0. The first-order valence-electron chi connectivity index (χ1n) is 10.3. The van der Waals surface area contributed by atoms with E-state index in [1.165, 1.54) is 28.5 Å². The number of hydrogen-bond acceptors (Lipinski definition) is 4. The number of rotatable bonds is 3. The second-order valence-corrected chi connectivity index (χ2v) is 8.49. The third-order valence-electron chi connectivity index (χ3n) is 5.24. The number of hydrazone groups is 1. The average Bonchev–Trinajstić information content (AvgIpc) is 3.31. The highest BCUT2D eigenvalue weighted by molar-refractivity contribution is 7.08. The third-order valence-corrected chi connectivity index (χ3v) is 6.33. The van der Waals surface area contributed by atoms with Crippen LogP contribution in [0.15, 0.2) is 94.8 Å². The Balaban J connectivity index is 1.78. The van der Waals surface area contributed by atoms with Crippen molar-refractivity contribution in [2.45, 2.75) is 6.92 Å². The maximum absolute atomic E-state index is 13.5. The molecular formula is C26H18FN3O2S. The second-order valence-electron chi connectivity index (χ2n) is 7.46. The zero-order chi connectivity index (χ0) is 22.9. The third kappa shape index (κ3) is 3.83. The maximum atomic E-state index is 13.5. The molecule has 1 aromatic heterocycles. The van der Waals surface area contributed by atoms with E-state index in [0.717, 1.165) is 0 Å². The summed E-state index contributed by atoms with van der Waals surface area (Å²) in [4.78, 5) is 26.9. The van der Waals surface area contributed by atoms with Crippen molar-refractivity contribution in [2.24, 2.45) is 5.10 Å². The minimum Gasteiger partial charge on any atom is -0.267 e. The molecule has 0 bridgehead atoms. The molecule has 33 heavy (non-hydrogen) atoms. The van der Waals surface area contributed by atoms with Gasteiger partial charge in [-0.25, -0.2) is 4.39 Å². The highest BCUT2D eigenvalue weighted by Gasteiger charge is 2.31. The van der Waals surface area contributed by atoms with Gasteiger partial charge in [0.25, 0.3) is 11.5 Å². The molecule has 7 heteroatoms. The van der Waals surface area contributed by atoms with Crippen LogP contribution in [0.25, 0.3) is 17.3 Å². The van der Waals surface area contributed by atoms with E-state index in [1.54, 1.807) is 29.7 Å². The standard InChI is InChI=1S/C26H18FN3O2S/c1-17-23(25(32)30(28-17)21-10-6-3-7-11-21)26-29(20-8-4-2-5-9-20)24(31)22(33-26)16-18-12-14-19(27)15-13-18/h2-16H,1H3/b22-16+,26-23+. The Bertz CT molecular complexity index is 1550. The van der Waals surface area contributed by atoms with Gasteiger partial charge in [-0.1, -0.05) is 48.5 Å². The van der Waals surface area contributed by atoms with Gasteiger partial charge in [0.2, 0.25) is 0 Å². The summed E-state index contributed by atoms with van der Waals surface area (Å²) < 4.78 is 15.8. The summed E-state index contributed by atoms with van der Waals surface area (Å²) in [7, 11) is 0. The Labute approximate surface area is 192 Å². The fourth-order valence-electron chi connectivity index (χ4n) is 3.67. The molecule has 0 unspecified atom stereocenters. The van der Waals surface area contributed by atoms with Crippen LogP contribution in [0.3, 0.4) is 0 Å². The van der Waals surface area contributed by atoms with Crippen LogP contribution in [-0.4, -0.2) is 16.2 Å². The van der Waals surface area contributed by atoms with Gasteiger partial charge in [0.05, 0.1) is 27.2 Å². The Kier molecular flexibility index (Phi) is 5.32. The number of thiazole rings is 1. The van der Waals surface area contributed by atoms with Crippen LogP contribution < -0.4 is 19.8 Å². The largest absolute Gasteiger partial charge is 0.283 e. The molecule has 0 radical (unpaired) electrons. The number of aromatic nitrogens is 1. The highest BCUT2D eigenvalue weighted by atomic mass is 32.1. The minimum atomic E-state index is -0.347. The van der Waals surface area contributed by atoms with Crippen molar-refractivity contribution >= 4 is 40.3 Å². The minimum absolute atomic E-state index is 0.253. The predicted molar refractivity (Wildman–Crippen MR) is 130 cm³/mol. The molecule has 0 N–H and O–H groups in total. The van der Waals surface area contributed by atoms with Crippen LogP contribution in [0.2, 0.25) is 0 Å². The summed E-state index contributed by atoms with van der Waals surface area (Å²) in [5, 5.41) is 5.82. The first kappa shape index (κ1) is 20.8. The van der Waals surface area contributed by atoms with Crippen molar-refractivity contribution in [3.63, 3.8) is 0 Å². The van der Waals surface area contributed by atoms with Gasteiger partial charge >= 0.3 is 0 Å². The van der Waals surface area contributed by atoms with Gasteiger partial charge in [-0.3, -0.25) is 14.2 Å². The topological polar surface area (TPSA) is 54.7 Å². The lowest BCUT2D eigenvalue weighted by atomic mass is 10.2. The molecular weight excluding hydrogens is 437 g/mol. The van der Waals surface area contributed by atoms with Crippen molar-refractivity contribution < 1.29 is 9.18 Å². The van der Waals surface area contributed by atoms with E-state index in [2.05, 4.69) is 5.10 Å². The van der Waals surface area contributed by atoms with Crippen molar-refractivity contribution in [2.75, 3.05) is 5.01 Å². The molecule has 0 fully saturated rings. The summed E-state index contributed by atoms with van der Waals surface area (Å²) in [6.45, 7) is 1.76. The Hall–Kier alpha value is -4.10. The van der Waals surface area contributed by atoms with E-state index in [9.17, 15) is 14.0 Å². The van der Waals surface area contributed by atoms with E-state index in [4.69, 9.17) is 0 Å². The van der Waals surface area contributed by atoms with E-state index in [1.807, 2.05) is 60.7 Å². The number of anilines is 1. The molecule has 0 saturated heterocycles. The van der Waals surface area contributed by atoms with Gasteiger partial charge in [-0.2, -0.15) is 10.1 Å². The number of carbonyl (C=O) groups excluding carboxylic acids is 1. The second kappa shape index (κ2) is 8.44. The van der Waals surface area contributed by atoms with Crippen LogP contribution in [0.5, 0.6) is 0 Å². The molecule has 0 spiro atoms. The van der Waals surface area contributed by atoms with Crippen molar-refractivity contribution in [1.82, 2.24) is 4.57 Å². The van der Waals surface area contributed by atoms with Gasteiger partial charge in [0.1, 0.15) is 10.5 Å². The van der Waals surface area contributed by atoms with Crippen LogP contribution in [0, 0.1) is 5.82 Å². The lowest BCUT2D eigenvalue weighted by Crippen LogP contribution is -2.33. The average molecular weight is 456 g/mol. The number of nitrogens with zero attached hydrogens (tertiary/aromatic N) is 3. The van der Waals surface area contributed by atoms with Gasteiger partial charge in [0, 0.05) is 0 Å². The molecule has 5 rings (SSSR count). The zero-order valence-corrected chi connectivity index (χ0v) is 18.4. The lowest BCUT2D eigenvalue weighted by Gasteiger charge is -2.11. The quantitative estimate of drug-likeness (QED) is 0.475. The number of halogens is 1. The summed E-state index contributed by atoms with van der Waals surface area (Å²) >= 11 is 1.22. The van der Waals surface area contributed by atoms with Crippen LogP contribution in [0.4, 0.5) is 10.1 Å². The SMILES string of the molecule is CC1=NN(c2ccccc2)C(=O)/C1=c1/s/c(=C/c2ccc(F)cc2)c(=O)n1-c1ccccc1. The predicted octanol–water partition coefficient (Wildman–Crippen LogP) is 3.44. The molecule has 1 aliphatic heterocycles. The number of benzene rings is 3. The van der Waals surface area contributed by atoms with Crippen LogP contribution >= 0.6 is 11.3 Å². The van der Waals surface area contributed by atoms with Crippen LogP contribution in [0.1, 0.15) is 12.5 Å². The fourth-order valence-corrected chi connectivity index (χ4v) is 4.87. The molecule has 4 aromatic rings. The summed E-state index contributed by atoms with van der Waals surface area (Å²) in [6, 6.07) is 24.3. The van der Waals surface area contributed by atoms with Gasteiger partial charge in [-0.15, -0.1) is 11.3 Å². The molecule has 3 aromatic carbocycles. The molecule has 1 amide bonds. The molecule has 0 atom stereocenters. The normalized spacial score (nSPS) is 15.8. The summed E-state index contributed by atoms with van der Waals surface area (Å²) in [5.41, 5.74) is 2.66. The summed E-state index contributed by atoms with van der Waals surface area (Å²) in [6.07, 6.45) is 1.71. The van der Waals surface area contributed by atoms with Crippen molar-refractivity contribution in [3.8, 4) is 5.69 Å². The number of carbonyl (C=O) groups is 1. The smallest absolute Gasteiger partial charge is 0.267 e. The molecule has 1 aliphatic rings. The Morgan fingerprint density at radius 1 is 0.848 bits per heavy atom. The molecule has 0 aliphatic carbocycles. The summed E-state index contributed by atoms with van der Waals surface area (Å²) in [5.74, 6) is -0.640. The Morgan fingerprint density at radius 2 is 1.45 bits per heavy atom. The lowest BCUT2D eigenvalue weighted by molar-refractivity contribution is -0.112. The Morgan fingerprint density at radius 3 is 2.09 bits per heavy atom. The monoisotopic (exact) mass is 455 g/mol. The van der Waals surface area contributed by atoms with Gasteiger partial charge in [-0.05, 0) is 55.0 Å². The molecule has 2 heterocycles. The number of para-hydroxylation sites is 2. The first-order valence-corrected chi connectivity index (χ1v) is 11.1. The van der Waals surface area contributed by atoms with Crippen molar-refractivity contribution in [3.05, 3.63) is 116 Å². The van der Waals surface area contributed by atoms with Crippen molar-refractivity contribution in [1.29, 1.82) is 0 Å². The van der Waals surface area contributed by atoms with Gasteiger partial charge in [0.15, 0.2) is 0 Å². The van der Waals surface area contributed by atoms with Crippen LogP contribution in [-0.2, 0) is 4.79 Å². The van der Waals surface area contributed by atoms with Gasteiger partial charge < -0.3 is 0 Å². The molecule has 0 saturated carbocycles. The number of hydrogen-bond donors (Lipinski definition) is 0. The van der Waals surface area contributed by atoms with E-state index < -0.39 is 0 Å².